The highest BCUT2D eigenvalue weighted by Crippen LogP contribution is 2.09. The molecule has 94 valence electrons. The molecule has 4 heteroatoms. The van der Waals surface area contributed by atoms with E-state index in [-0.39, 0.29) is 5.91 Å². The van der Waals surface area contributed by atoms with Gasteiger partial charge < -0.3 is 10.2 Å². The fourth-order valence-corrected chi connectivity index (χ4v) is 1.46. The molecule has 0 radical (unpaired) electrons. The Morgan fingerprint density at radius 3 is 2.76 bits per heavy atom. The van der Waals surface area contributed by atoms with Crippen molar-refractivity contribution in [2.45, 2.75) is 26.8 Å². The van der Waals surface area contributed by atoms with Crippen molar-refractivity contribution in [1.29, 1.82) is 0 Å². The van der Waals surface area contributed by atoms with E-state index >= 15 is 0 Å². The molecular formula is C13H21N3O. The highest BCUT2D eigenvalue weighted by Gasteiger charge is 2.05. The van der Waals surface area contributed by atoms with Crippen LogP contribution in [0.5, 0.6) is 0 Å². The summed E-state index contributed by atoms with van der Waals surface area (Å²) in [6, 6.07) is 3.90. The number of pyridine rings is 1. The normalized spacial score (nSPS) is 10.4. The van der Waals surface area contributed by atoms with Crippen LogP contribution in [0.2, 0.25) is 0 Å². The van der Waals surface area contributed by atoms with E-state index in [2.05, 4.69) is 10.3 Å². The van der Waals surface area contributed by atoms with Crippen LogP contribution >= 0.6 is 0 Å². The molecule has 1 N–H and O–H groups in total. The first-order valence-electron chi connectivity index (χ1n) is 5.88. The van der Waals surface area contributed by atoms with Crippen LogP contribution in [0, 0.1) is 5.92 Å². The predicted molar refractivity (Wildman–Crippen MR) is 69.9 cm³/mol. The maximum Gasteiger partial charge on any atom is 0.220 e. The smallest absolute Gasteiger partial charge is 0.220 e. The summed E-state index contributed by atoms with van der Waals surface area (Å²) in [7, 11) is 3.90. The Morgan fingerprint density at radius 2 is 2.18 bits per heavy atom. The zero-order valence-electron chi connectivity index (χ0n) is 11.0. The van der Waals surface area contributed by atoms with Gasteiger partial charge in [-0.15, -0.1) is 0 Å². The minimum absolute atomic E-state index is 0.100. The number of carbonyl (C=O) groups excluding carboxylic acids is 1. The molecule has 0 unspecified atom stereocenters. The van der Waals surface area contributed by atoms with E-state index in [4.69, 9.17) is 0 Å². The number of amides is 1. The van der Waals surface area contributed by atoms with E-state index < -0.39 is 0 Å². The Labute approximate surface area is 103 Å². The molecule has 0 aliphatic carbocycles. The van der Waals surface area contributed by atoms with Gasteiger partial charge in [-0.05, 0) is 23.6 Å². The Kier molecular flexibility index (Phi) is 4.94. The number of hydrogen-bond donors (Lipinski definition) is 1. The molecule has 0 fully saturated rings. The van der Waals surface area contributed by atoms with E-state index in [1.165, 1.54) is 0 Å². The molecule has 1 aromatic rings. The van der Waals surface area contributed by atoms with Gasteiger partial charge in [0.25, 0.3) is 0 Å². The van der Waals surface area contributed by atoms with E-state index in [0.29, 0.717) is 18.9 Å². The monoisotopic (exact) mass is 235 g/mol. The van der Waals surface area contributed by atoms with Gasteiger partial charge in [-0.25, -0.2) is 4.98 Å². The SMILES string of the molecule is CC(C)CC(=O)NCc1ccnc(N(C)C)c1. The van der Waals surface area contributed by atoms with Gasteiger partial charge in [0.2, 0.25) is 5.91 Å². The fraction of sp³-hybridized carbons (Fsp3) is 0.538. The van der Waals surface area contributed by atoms with Crippen molar-refractivity contribution in [3.8, 4) is 0 Å². The van der Waals surface area contributed by atoms with Crippen molar-refractivity contribution in [2.75, 3.05) is 19.0 Å². The van der Waals surface area contributed by atoms with Crippen LogP contribution in [-0.4, -0.2) is 25.0 Å². The number of nitrogens with one attached hydrogen (secondary N) is 1. The molecule has 1 amide bonds. The van der Waals surface area contributed by atoms with E-state index in [9.17, 15) is 4.79 Å². The van der Waals surface area contributed by atoms with Crippen LogP contribution in [0.25, 0.3) is 0 Å². The minimum atomic E-state index is 0.100. The molecule has 0 aromatic carbocycles. The zero-order chi connectivity index (χ0) is 12.8. The lowest BCUT2D eigenvalue weighted by Gasteiger charge is -2.12. The molecule has 4 nitrogen and oxygen atoms in total. The molecule has 17 heavy (non-hydrogen) atoms. The van der Waals surface area contributed by atoms with Crippen molar-refractivity contribution in [3.63, 3.8) is 0 Å². The first-order chi connectivity index (χ1) is 7.99. The fourth-order valence-electron chi connectivity index (χ4n) is 1.46. The largest absolute Gasteiger partial charge is 0.363 e. The van der Waals surface area contributed by atoms with E-state index in [1.54, 1.807) is 6.20 Å². The summed E-state index contributed by atoms with van der Waals surface area (Å²) in [4.78, 5) is 17.7. The number of nitrogens with zero attached hydrogens (tertiary/aromatic N) is 2. The Hall–Kier alpha value is -1.58. The number of carbonyl (C=O) groups is 1. The molecule has 0 saturated carbocycles. The van der Waals surface area contributed by atoms with E-state index in [0.717, 1.165) is 11.4 Å². The lowest BCUT2D eigenvalue weighted by atomic mass is 10.1. The molecule has 0 bridgehead atoms. The number of rotatable bonds is 5. The van der Waals surface area contributed by atoms with Crippen molar-refractivity contribution in [1.82, 2.24) is 10.3 Å². The second-order valence-corrected chi connectivity index (χ2v) is 4.79. The average molecular weight is 235 g/mol. The summed E-state index contributed by atoms with van der Waals surface area (Å²) in [6.45, 7) is 4.64. The number of hydrogen-bond acceptors (Lipinski definition) is 3. The van der Waals surface area contributed by atoms with Crippen molar-refractivity contribution in [3.05, 3.63) is 23.9 Å². The van der Waals surface area contributed by atoms with Gasteiger partial charge in [-0.2, -0.15) is 0 Å². The Morgan fingerprint density at radius 1 is 1.47 bits per heavy atom. The molecule has 1 heterocycles. The molecule has 0 aliphatic rings. The van der Waals surface area contributed by atoms with Crippen LogP contribution in [-0.2, 0) is 11.3 Å². The molecule has 1 rings (SSSR count). The van der Waals surface area contributed by atoms with Gasteiger partial charge in [0.05, 0.1) is 0 Å². The molecular weight excluding hydrogens is 214 g/mol. The maximum absolute atomic E-state index is 11.5. The van der Waals surface area contributed by atoms with Gasteiger partial charge in [0.1, 0.15) is 5.82 Å². The van der Waals surface area contributed by atoms with Gasteiger partial charge in [-0.1, -0.05) is 13.8 Å². The number of anilines is 1. The quantitative estimate of drug-likeness (QED) is 0.846. The van der Waals surface area contributed by atoms with Crippen LogP contribution < -0.4 is 10.2 Å². The Bertz CT molecular complexity index is 375. The summed E-state index contributed by atoms with van der Waals surface area (Å²) >= 11 is 0. The molecule has 1 aromatic heterocycles. The topological polar surface area (TPSA) is 45.2 Å². The second-order valence-electron chi connectivity index (χ2n) is 4.79. The lowest BCUT2D eigenvalue weighted by molar-refractivity contribution is -0.121. The third kappa shape index (κ3) is 4.85. The third-order valence-electron chi connectivity index (χ3n) is 2.35. The molecule has 0 spiro atoms. The predicted octanol–water partition coefficient (Wildman–Crippen LogP) is 1.81. The summed E-state index contributed by atoms with van der Waals surface area (Å²) in [5.74, 6) is 1.40. The number of aromatic nitrogens is 1. The molecule has 0 atom stereocenters. The van der Waals surface area contributed by atoms with Crippen molar-refractivity contribution in [2.24, 2.45) is 5.92 Å². The summed E-state index contributed by atoms with van der Waals surface area (Å²) in [5, 5.41) is 2.91. The lowest BCUT2D eigenvalue weighted by Crippen LogP contribution is -2.24. The van der Waals surface area contributed by atoms with Crippen molar-refractivity contribution < 1.29 is 4.79 Å². The van der Waals surface area contributed by atoms with Gasteiger partial charge in [0, 0.05) is 33.3 Å². The zero-order valence-corrected chi connectivity index (χ0v) is 11.0. The van der Waals surface area contributed by atoms with E-state index in [1.807, 2.05) is 45.0 Å². The molecule has 0 aliphatic heterocycles. The highest BCUT2D eigenvalue weighted by molar-refractivity contribution is 5.76. The average Bonchev–Trinajstić information content (AvgIpc) is 2.26. The summed E-state index contributed by atoms with van der Waals surface area (Å²) < 4.78 is 0. The Balaban J connectivity index is 2.52. The standard InChI is InChI=1S/C13H21N3O/c1-10(2)7-13(17)15-9-11-5-6-14-12(8-11)16(3)4/h5-6,8,10H,7,9H2,1-4H3,(H,15,17). The summed E-state index contributed by atoms with van der Waals surface area (Å²) in [5.41, 5.74) is 1.07. The second kappa shape index (κ2) is 6.23. The first kappa shape index (κ1) is 13.5. The highest BCUT2D eigenvalue weighted by atomic mass is 16.1. The maximum atomic E-state index is 11.5. The summed E-state index contributed by atoms with van der Waals surface area (Å²) in [6.07, 6.45) is 2.34. The molecule has 0 saturated heterocycles. The van der Waals surface area contributed by atoms with Crippen LogP contribution in [0.4, 0.5) is 5.82 Å². The minimum Gasteiger partial charge on any atom is -0.363 e. The van der Waals surface area contributed by atoms with Gasteiger partial charge in [-0.3, -0.25) is 4.79 Å². The van der Waals surface area contributed by atoms with Gasteiger partial charge >= 0.3 is 0 Å². The van der Waals surface area contributed by atoms with Crippen molar-refractivity contribution >= 4 is 11.7 Å². The van der Waals surface area contributed by atoms with Crippen LogP contribution in [0.15, 0.2) is 18.3 Å². The third-order valence-corrected chi connectivity index (χ3v) is 2.35. The van der Waals surface area contributed by atoms with Crippen LogP contribution in [0.1, 0.15) is 25.8 Å². The van der Waals surface area contributed by atoms with Crippen LogP contribution in [0.3, 0.4) is 0 Å². The first-order valence-corrected chi connectivity index (χ1v) is 5.88. The van der Waals surface area contributed by atoms with Gasteiger partial charge in [0.15, 0.2) is 0 Å².